The summed E-state index contributed by atoms with van der Waals surface area (Å²) in [4.78, 5) is 25.6. The maximum absolute atomic E-state index is 13.2. The molecule has 8 heteroatoms. The number of methoxy groups -OCH3 is 3. The molecule has 2 aromatic carbocycles. The Bertz CT molecular complexity index is 1260. The van der Waals surface area contributed by atoms with Crippen molar-refractivity contribution >= 4 is 5.97 Å². The molecule has 31 heavy (non-hydrogen) atoms. The molecule has 4 rings (SSSR count). The van der Waals surface area contributed by atoms with E-state index in [2.05, 4.69) is 5.10 Å². The summed E-state index contributed by atoms with van der Waals surface area (Å²) in [6.07, 6.45) is 3.31. The molecule has 2 aromatic rings. The van der Waals surface area contributed by atoms with E-state index in [0.29, 0.717) is 29.3 Å². The minimum absolute atomic E-state index is 0.208. The molecule has 0 unspecified atom stereocenters. The van der Waals surface area contributed by atoms with Gasteiger partial charge in [-0.15, -0.1) is 0 Å². The van der Waals surface area contributed by atoms with Crippen LogP contribution in [0, 0.1) is 0 Å². The minimum atomic E-state index is -0.571. The SMILES string of the molecule is COC(=O)c1cn(Cc2ccccc2OC)cc2c(=O)n(-c3ccc(OC)cc3)nc1-2. The number of carbonyl (C=O) groups is 1. The van der Waals surface area contributed by atoms with Crippen LogP contribution in [0.2, 0.25) is 0 Å². The highest BCUT2D eigenvalue weighted by Crippen LogP contribution is 2.25. The number of rotatable bonds is 6. The number of aromatic nitrogens is 3. The second-order valence-corrected chi connectivity index (χ2v) is 6.82. The van der Waals surface area contributed by atoms with E-state index in [0.717, 1.165) is 5.56 Å². The third kappa shape index (κ3) is 3.75. The second-order valence-electron chi connectivity index (χ2n) is 6.82. The molecule has 0 aromatic heterocycles. The Hall–Kier alpha value is -4.07. The number of para-hydroxylation sites is 1. The van der Waals surface area contributed by atoms with Crippen LogP contribution in [0.4, 0.5) is 0 Å². The molecule has 2 heterocycles. The maximum Gasteiger partial charge on any atom is 0.341 e. The van der Waals surface area contributed by atoms with Crippen LogP contribution in [-0.4, -0.2) is 41.6 Å². The van der Waals surface area contributed by atoms with Crippen LogP contribution in [0.15, 0.2) is 65.7 Å². The lowest BCUT2D eigenvalue weighted by Gasteiger charge is -2.13. The normalized spacial score (nSPS) is 10.8. The number of pyridine rings is 1. The summed E-state index contributed by atoms with van der Waals surface area (Å²) in [6.45, 7) is 0.400. The van der Waals surface area contributed by atoms with Crippen molar-refractivity contribution < 1.29 is 19.0 Å². The molecule has 0 radical (unpaired) electrons. The zero-order valence-electron chi connectivity index (χ0n) is 17.4. The van der Waals surface area contributed by atoms with E-state index >= 15 is 0 Å². The maximum atomic E-state index is 13.2. The van der Waals surface area contributed by atoms with Gasteiger partial charge in [0.25, 0.3) is 5.56 Å². The van der Waals surface area contributed by atoms with E-state index in [9.17, 15) is 9.59 Å². The van der Waals surface area contributed by atoms with E-state index in [1.165, 1.54) is 11.8 Å². The average molecular weight is 419 g/mol. The molecule has 0 atom stereocenters. The molecule has 158 valence electrons. The van der Waals surface area contributed by atoms with Crippen LogP contribution in [0.5, 0.6) is 11.5 Å². The van der Waals surface area contributed by atoms with E-state index in [1.807, 2.05) is 24.3 Å². The van der Waals surface area contributed by atoms with Crippen molar-refractivity contribution in [3.63, 3.8) is 0 Å². The molecular formula is C23H21N3O5. The number of hydrogen-bond donors (Lipinski definition) is 0. The summed E-state index contributed by atoms with van der Waals surface area (Å²) < 4.78 is 18.5. The molecular weight excluding hydrogens is 398 g/mol. The van der Waals surface area contributed by atoms with E-state index in [1.54, 1.807) is 55.4 Å². The number of esters is 1. The Morgan fingerprint density at radius 2 is 1.71 bits per heavy atom. The highest BCUT2D eigenvalue weighted by molar-refractivity contribution is 5.96. The number of ether oxygens (including phenoxy) is 3. The highest BCUT2D eigenvalue weighted by atomic mass is 16.5. The van der Waals surface area contributed by atoms with E-state index < -0.39 is 5.97 Å². The molecule has 0 fully saturated rings. The van der Waals surface area contributed by atoms with Gasteiger partial charge in [0.1, 0.15) is 22.8 Å². The first-order chi connectivity index (χ1) is 15.0. The van der Waals surface area contributed by atoms with Crippen molar-refractivity contribution in [2.75, 3.05) is 21.3 Å². The van der Waals surface area contributed by atoms with Crippen LogP contribution < -0.4 is 15.0 Å². The molecule has 0 spiro atoms. The molecule has 8 nitrogen and oxygen atoms in total. The molecule has 0 aliphatic carbocycles. The number of hydrogen-bond acceptors (Lipinski definition) is 6. The smallest absolute Gasteiger partial charge is 0.341 e. The van der Waals surface area contributed by atoms with Crippen LogP contribution in [-0.2, 0) is 11.3 Å². The van der Waals surface area contributed by atoms with Gasteiger partial charge < -0.3 is 18.8 Å². The predicted molar refractivity (Wildman–Crippen MR) is 114 cm³/mol. The number of nitrogens with zero attached hydrogens (tertiary/aromatic N) is 3. The number of carbonyl (C=O) groups excluding carboxylic acids is 1. The molecule has 2 aliphatic rings. The fourth-order valence-corrected chi connectivity index (χ4v) is 3.44. The van der Waals surface area contributed by atoms with Gasteiger partial charge in [-0.2, -0.15) is 9.78 Å². The lowest BCUT2D eigenvalue weighted by Crippen LogP contribution is -2.16. The summed E-state index contributed by atoms with van der Waals surface area (Å²) >= 11 is 0. The average Bonchev–Trinajstić information content (AvgIpc) is 3.15. The molecule has 0 bridgehead atoms. The second kappa shape index (κ2) is 8.35. The zero-order chi connectivity index (χ0) is 22.0. The first-order valence-electron chi connectivity index (χ1n) is 9.53. The van der Waals surface area contributed by atoms with Gasteiger partial charge in [-0.3, -0.25) is 4.79 Å². The van der Waals surface area contributed by atoms with Gasteiger partial charge in [0.2, 0.25) is 0 Å². The van der Waals surface area contributed by atoms with Gasteiger partial charge in [-0.1, -0.05) is 18.2 Å². The molecule has 0 amide bonds. The Morgan fingerprint density at radius 1 is 0.968 bits per heavy atom. The summed E-state index contributed by atoms with van der Waals surface area (Å²) in [7, 11) is 4.46. The fraction of sp³-hybridized carbons (Fsp3) is 0.174. The zero-order valence-corrected chi connectivity index (χ0v) is 17.4. The monoisotopic (exact) mass is 419 g/mol. The third-order valence-electron chi connectivity index (χ3n) is 4.99. The van der Waals surface area contributed by atoms with Crippen LogP contribution >= 0.6 is 0 Å². The van der Waals surface area contributed by atoms with Crippen molar-refractivity contribution in [2.45, 2.75) is 6.54 Å². The van der Waals surface area contributed by atoms with Crippen molar-refractivity contribution in [2.24, 2.45) is 0 Å². The van der Waals surface area contributed by atoms with Crippen LogP contribution in [0.25, 0.3) is 16.9 Å². The third-order valence-corrected chi connectivity index (χ3v) is 4.99. The van der Waals surface area contributed by atoms with E-state index in [4.69, 9.17) is 14.2 Å². The summed E-state index contributed by atoms with van der Waals surface area (Å²) in [6, 6.07) is 14.5. The topological polar surface area (TPSA) is 84.6 Å². The van der Waals surface area contributed by atoms with Gasteiger partial charge in [0.15, 0.2) is 0 Å². The molecule has 0 saturated carbocycles. The summed E-state index contributed by atoms with van der Waals surface area (Å²) in [5, 5.41) is 4.41. The fourth-order valence-electron chi connectivity index (χ4n) is 3.44. The van der Waals surface area contributed by atoms with E-state index in [-0.39, 0.29) is 16.8 Å². The highest BCUT2D eigenvalue weighted by Gasteiger charge is 2.25. The van der Waals surface area contributed by atoms with Gasteiger partial charge in [0.05, 0.1) is 39.1 Å². The molecule has 0 saturated heterocycles. The quantitative estimate of drug-likeness (QED) is 0.447. The molecule has 2 aliphatic heterocycles. The largest absolute Gasteiger partial charge is 0.497 e. The minimum Gasteiger partial charge on any atom is -0.497 e. The lowest BCUT2D eigenvalue weighted by atomic mass is 10.1. The Kier molecular flexibility index (Phi) is 5.44. The van der Waals surface area contributed by atoms with Crippen LogP contribution in [0.3, 0.4) is 0 Å². The van der Waals surface area contributed by atoms with Gasteiger partial charge >= 0.3 is 5.97 Å². The lowest BCUT2D eigenvalue weighted by molar-refractivity contribution is 0.0600. The van der Waals surface area contributed by atoms with Gasteiger partial charge in [0, 0.05) is 18.0 Å². The Labute approximate surface area is 178 Å². The van der Waals surface area contributed by atoms with Crippen molar-refractivity contribution in [1.29, 1.82) is 0 Å². The first-order valence-corrected chi connectivity index (χ1v) is 9.53. The first kappa shape index (κ1) is 20.2. The Morgan fingerprint density at radius 3 is 2.39 bits per heavy atom. The van der Waals surface area contributed by atoms with Crippen molar-refractivity contribution in [3.8, 4) is 28.4 Å². The standard InChI is InChI=1S/C23H21N3O5/c1-29-17-10-8-16(9-11-17)26-22(27)18-13-25(12-15-6-4-5-7-20(15)30-2)14-19(21(18)24-26)23(28)31-3/h4-11,13-14H,12H2,1-3H3. The van der Waals surface area contributed by atoms with Crippen molar-refractivity contribution in [3.05, 3.63) is 82.4 Å². The summed E-state index contributed by atoms with van der Waals surface area (Å²) in [5.41, 5.74) is 1.94. The van der Waals surface area contributed by atoms with Gasteiger partial charge in [-0.05, 0) is 30.3 Å². The number of fused-ring (bicyclic) bond motifs is 1. The number of benzene rings is 2. The Balaban J connectivity index is 1.86. The van der Waals surface area contributed by atoms with Crippen LogP contribution in [0.1, 0.15) is 15.9 Å². The summed E-state index contributed by atoms with van der Waals surface area (Å²) in [5.74, 6) is 0.808. The van der Waals surface area contributed by atoms with Gasteiger partial charge in [-0.25, -0.2) is 4.79 Å². The molecule has 0 N–H and O–H groups in total. The predicted octanol–water partition coefficient (Wildman–Crippen LogP) is 2.99. The van der Waals surface area contributed by atoms with Crippen molar-refractivity contribution in [1.82, 2.24) is 14.3 Å².